The molecule has 1 N–H and O–H groups in total. The van der Waals surface area contributed by atoms with Crippen molar-refractivity contribution in [3.8, 4) is 11.1 Å². The smallest absolute Gasteiger partial charge is 0.416 e. The predicted molar refractivity (Wildman–Crippen MR) is 197 cm³/mol. The standard InChI is InChI=1S/C43H38F3NO8/c1-4-10-26(3)39(50)34-23-27(24-37(49)54-25-42(41(52)53-5-2)35-14-9-8-13-33(35)36(48)21-22-55-42)15-20-31(34)38(47)40(51)32-12-7-6-11-30(32)28-16-18-29(19-17-28)43(44,45)46/h4,6-20,23,26,47H,5,21-22,24-25H2,1-3H3/b10-4+,47-38?. The predicted octanol–water partition coefficient (Wildman–Crippen LogP) is 8.17. The Bertz CT molecular complexity index is 2170. The molecule has 1 aliphatic heterocycles. The number of hydrogen-bond acceptors (Lipinski definition) is 9. The molecule has 4 aromatic carbocycles. The lowest BCUT2D eigenvalue weighted by molar-refractivity contribution is -0.185. The number of ether oxygens (including phenoxy) is 3. The molecule has 0 saturated carbocycles. The van der Waals surface area contributed by atoms with Gasteiger partial charge in [-0.15, -0.1) is 0 Å². The number of fused-ring (bicyclic) bond motifs is 1. The Morgan fingerprint density at radius 3 is 2.24 bits per heavy atom. The highest BCUT2D eigenvalue weighted by Crippen LogP contribution is 2.35. The first-order valence-electron chi connectivity index (χ1n) is 17.5. The zero-order chi connectivity index (χ0) is 39.9. The van der Waals surface area contributed by atoms with E-state index in [-0.39, 0.29) is 59.7 Å². The average Bonchev–Trinajstić information content (AvgIpc) is 3.32. The highest BCUT2D eigenvalue weighted by Gasteiger charge is 2.48. The number of rotatable bonds is 13. The topological polar surface area (TPSA) is 137 Å². The summed E-state index contributed by atoms with van der Waals surface area (Å²) in [5, 5.41) is 8.96. The number of hydrogen-bond donors (Lipinski definition) is 1. The molecule has 0 amide bonds. The Morgan fingerprint density at radius 1 is 0.891 bits per heavy atom. The molecule has 5 rings (SSSR count). The van der Waals surface area contributed by atoms with Crippen LogP contribution in [0.15, 0.2) is 103 Å². The molecule has 284 valence electrons. The third-order valence-electron chi connectivity index (χ3n) is 9.17. The van der Waals surface area contributed by atoms with Crippen molar-refractivity contribution in [3.63, 3.8) is 0 Å². The summed E-state index contributed by atoms with van der Waals surface area (Å²) in [4.78, 5) is 67.3. The molecule has 1 heterocycles. The van der Waals surface area contributed by atoms with E-state index in [1.165, 1.54) is 36.4 Å². The number of halogens is 3. The maximum absolute atomic E-state index is 13.9. The van der Waals surface area contributed by atoms with E-state index < -0.39 is 59.1 Å². The van der Waals surface area contributed by atoms with Crippen LogP contribution in [0.2, 0.25) is 0 Å². The molecule has 12 heteroatoms. The van der Waals surface area contributed by atoms with Crippen molar-refractivity contribution in [3.05, 3.63) is 142 Å². The summed E-state index contributed by atoms with van der Waals surface area (Å²) >= 11 is 0. The number of nitrogens with one attached hydrogen (secondary N) is 1. The fraction of sp³-hybridized carbons (Fsp3) is 0.256. The van der Waals surface area contributed by atoms with Gasteiger partial charge in [0.05, 0.1) is 25.2 Å². The molecule has 9 nitrogen and oxygen atoms in total. The fourth-order valence-corrected chi connectivity index (χ4v) is 6.38. The van der Waals surface area contributed by atoms with Gasteiger partial charge in [0.2, 0.25) is 11.4 Å². The van der Waals surface area contributed by atoms with E-state index in [9.17, 15) is 37.1 Å². The van der Waals surface area contributed by atoms with Crippen molar-refractivity contribution in [2.75, 3.05) is 19.8 Å². The lowest BCUT2D eigenvalue weighted by atomic mass is 9.87. The van der Waals surface area contributed by atoms with Crippen molar-refractivity contribution in [1.29, 1.82) is 5.41 Å². The van der Waals surface area contributed by atoms with Crippen LogP contribution in [0.25, 0.3) is 11.1 Å². The van der Waals surface area contributed by atoms with Crippen LogP contribution in [0.1, 0.15) is 80.5 Å². The van der Waals surface area contributed by atoms with E-state index in [4.69, 9.17) is 19.6 Å². The van der Waals surface area contributed by atoms with E-state index in [2.05, 4.69) is 0 Å². The minimum Gasteiger partial charge on any atom is -0.463 e. The van der Waals surface area contributed by atoms with Gasteiger partial charge < -0.3 is 14.2 Å². The Labute approximate surface area is 315 Å². The Morgan fingerprint density at radius 2 is 1.56 bits per heavy atom. The molecule has 0 aromatic heterocycles. The molecule has 1 aliphatic rings. The summed E-state index contributed by atoms with van der Waals surface area (Å²) in [6, 6.07) is 21.1. The molecule has 0 aliphatic carbocycles. The lowest BCUT2D eigenvalue weighted by Crippen LogP contribution is -2.45. The number of alkyl halides is 3. The highest BCUT2D eigenvalue weighted by atomic mass is 19.4. The number of carbonyl (C=O) groups is 5. The number of esters is 2. The van der Waals surface area contributed by atoms with Gasteiger partial charge >= 0.3 is 18.1 Å². The van der Waals surface area contributed by atoms with Gasteiger partial charge in [-0.1, -0.05) is 91.9 Å². The summed E-state index contributed by atoms with van der Waals surface area (Å²) in [5.74, 6) is -3.77. The minimum absolute atomic E-state index is 0.000932. The van der Waals surface area contributed by atoms with Crippen molar-refractivity contribution < 1.29 is 51.4 Å². The van der Waals surface area contributed by atoms with E-state index in [1.54, 1.807) is 75.4 Å². The fourth-order valence-electron chi connectivity index (χ4n) is 6.38. The van der Waals surface area contributed by atoms with Crippen LogP contribution in [0, 0.1) is 11.3 Å². The number of carbonyl (C=O) groups excluding carboxylic acids is 5. The van der Waals surface area contributed by atoms with Crippen LogP contribution in [0.4, 0.5) is 13.2 Å². The normalized spacial score (nSPS) is 16.1. The summed E-state index contributed by atoms with van der Waals surface area (Å²) < 4.78 is 56.5. The Balaban J connectivity index is 1.44. The summed E-state index contributed by atoms with van der Waals surface area (Å²) in [6.45, 7) is 4.26. The van der Waals surface area contributed by atoms with E-state index >= 15 is 0 Å². The summed E-state index contributed by atoms with van der Waals surface area (Å²) in [5.41, 5.74) is -1.91. The van der Waals surface area contributed by atoms with Crippen LogP contribution in [-0.2, 0) is 42.0 Å². The van der Waals surface area contributed by atoms with E-state index in [1.807, 2.05) is 0 Å². The molecule has 4 aromatic rings. The molecule has 0 bridgehead atoms. The Hall–Kier alpha value is -6.01. The third kappa shape index (κ3) is 8.70. The SMILES string of the molecule is C/C=C/C(C)C(=O)c1cc(CC(=O)OCC2(C(=O)OCC)OCCC(=O)c3ccccc32)ccc1C(=N)C(=O)c1ccccc1-c1ccc(C(F)(F)F)cc1. The molecule has 0 spiro atoms. The van der Waals surface area contributed by atoms with Crippen LogP contribution < -0.4 is 0 Å². The van der Waals surface area contributed by atoms with Crippen molar-refractivity contribution >= 4 is 35.0 Å². The third-order valence-corrected chi connectivity index (χ3v) is 9.17. The van der Waals surface area contributed by atoms with Gasteiger partial charge in [0.25, 0.3) is 0 Å². The molecule has 2 unspecified atom stereocenters. The van der Waals surface area contributed by atoms with Gasteiger partial charge in [-0.2, -0.15) is 13.2 Å². The van der Waals surface area contributed by atoms with Crippen LogP contribution in [0.3, 0.4) is 0 Å². The summed E-state index contributed by atoms with van der Waals surface area (Å²) in [7, 11) is 0. The summed E-state index contributed by atoms with van der Waals surface area (Å²) in [6.07, 6.45) is -1.60. The zero-order valence-corrected chi connectivity index (χ0v) is 30.3. The number of ketones is 3. The van der Waals surface area contributed by atoms with E-state index in [0.29, 0.717) is 16.7 Å². The van der Waals surface area contributed by atoms with Gasteiger partial charge in [-0.05, 0) is 48.7 Å². The Kier molecular flexibility index (Phi) is 12.4. The van der Waals surface area contributed by atoms with Crippen molar-refractivity contribution in [2.45, 2.75) is 45.4 Å². The molecule has 0 radical (unpaired) electrons. The monoisotopic (exact) mass is 753 g/mol. The second-order valence-corrected chi connectivity index (χ2v) is 12.8. The first kappa shape index (κ1) is 40.2. The van der Waals surface area contributed by atoms with Crippen LogP contribution in [0.5, 0.6) is 0 Å². The molecule has 2 atom stereocenters. The first-order valence-corrected chi connectivity index (χ1v) is 17.5. The first-order chi connectivity index (χ1) is 26.2. The van der Waals surface area contributed by atoms with Gasteiger partial charge in [-0.3, -0.25) is 24.6 Å². The second kappa shape index (κ2) is 17.0. The van der Waals surface area contributed by atoms with Crippen LogP contribution in [-0.4, -0.2) is 54.8 Å². The van der Waals surface area contributed by atoms with Crippen LogP contribution >= 0.6 is 0 Å². The molecule has 0 saturated heterocycles. The quantitative estimate of drug-likeness (QED) is 0.0625. The maximum Gasteiger partial charge on any atom is 0.416 e. The van der Waals surface area contributed by atoms with Crippen molar-refractivity contribution in [2.24, 2.45) is 5.92 Å². The number of benzene rings is 4. The zero-order valence-electron chi connectivity index (χ0n) is 30.3. The molecular weight excluding hydrogens is 715 g/mol. The molecular formula is C43H38F3NO8. The largest absolute Gasteiger partial charge is 0.463 e. The average molecular weight is 754 g/mol. The second-order valence-electron chi connectivity index (χ2n) is 12.8. The van der Waals surface area contributed by atoms with E-state index in [0.717, 1.165) is 12.1 Å². The van der Waals surface area contributed by atoms with Crippen molar-refractivity contribution in [1.82, 2.24) is 0 Å². The number of Topliss-reactive ketones (excluding diaryl/α,β-unsaturated/α-hetero) is 3. The molecule has 0 fully saturated rings. The van der Waals surface area contributed by atoms with Gasteiger partial charge in [0, 0.05) is 40.2 Å². The van der Waals surface area contributed by atoms with Gasteiger partial charge in [0.1, 0.15) is 12.3 Å². The minimum atomic E-state index is -4.55. The lowest BCUT2D eigenvalue weighted by Gasteiger charge is -2.31. The maximum atomic E-state index is 13.9. The highest BCUT2D eigenvalue weighted by molar-refractivity contribution is 6.52. The van der Waals surface area contributed by atoms with Gasteiger partial charge in [-0.25, -0.2) is 4.79 Å². The molecule has 55 heavy (non-hydrogen) atoms. The number of allylic oxidation sites excluding steroid dienone is 2. The van der Waals surface area contributed by atoms with Gasteiger partial charge in [0.15, 0.2) is 11.6 Å².